The van der Waals surface area contributed by atoms with Crippen molar-refractivity contribution >= 4 is 22.6 Å². The summed E-state index contributed by atoms with van der Waals surface area (Å²) in [4.78, 5) is 16.4. The Morgan fingerprint density at radius 3 is 2.66 bits per heavy atom. The largest absolute Gasteiger partial charge is 0.416 e. The van der Waals surface area contributed by atoms with E-state index in [9.17, 15) is 18.0 Å². The molecule has 32 heavy (non-hydrogen) atoms. The molecule has 4 rings (SSSR count). The van der Waals surface area contributed by atoms with Crippen molar-refractivity contribution in [2.24, 2.45) is 0 Å². The Morgan fingerprint density at radius 1 is 1.19 bits per heavy atom. The number of likely N-dealkylation sites (tertiary alicyclic amines) is 1. The quantitative estimate of drug-likeness (QED) is 0.397. The molecule has 0 radical (unpaired) electrons. The van der Waals surface area contributed by atoms with Gasteiger partial charge >= 0.3 is 11.9 Å². The van der Waals surface area contributed by atoms with Crippen LogP contribution >= 0.6 is 22.6 Å². The SMILES string of the molecule is O=c1[nH]nc(CN2CCC[C@H](NCc3cc(I)cc(C(F)(F)F)c3)[C@@H]2c2ccccc2)[nH]1. The number of aromatic nitrogens is 3. The van der Waals surface area contributed by atoms with E-state index >= 15 is 0 Å². The lowest BCUT2D eigenvalue weighted by atomic mass is 9.90. The highest BCUT2D eigenvalue weighted by Gasteiger charge is 2.34. The predicted octanol–water partition coefficient (Wildman–Crippen LogP) is 4.22. The molecule has 0 amide bonds. The zero-order valence-corrected chi connectivity index (χ0v) is 19.3. The Balaban J connectivity index is 1.56. The number of nitrogens with one attached hydrogen (secondary N) is 3. The first-order chi connectivity index (χ1) is 15.3. The number of alkyl halides is 3. The third-order valence-corrected chi connectivity index (χ3v) is 6.26. The van der Waals surface area contributed by atoms with E-state index in [0.29, 0.717) is 28.0 Å². The molecule has 0 spiro atoms. The number of hydrogen-bond donors (Lipinski definition) is 3. The van der Waals surface area contributed by atoms with E-state index in [1.165, 1.54) is 6.07 Å². The standard InChI is InChI=1S/C22H23F3IN5O/c23-22(24,25)16-9-14(10-17(26)11-16)12-27-18-7-4-8-31(13-19-28-21(32)30-29-19)20(18)15-5-2-1-3-6-15/h1-3,5-6,9-11,18,20,27H,4,7-8,12-13H2,(H2,28,29,30,32)/t18-,20-/m0/s1. The molecule has 2 heterocycles. The molecule has 1 fully saturated rings. The molecule has 0 unspecified atom stereocenters. The van der Waals surface area contributed by atoms with E-state index < -0.39 is 11.7 Å². The van der Waals surface area contributed by atoms with Gasteiger partial charge in [-0.2, -0.15) is 18.3 Å². The number of rotatable bonds is 6. The Hall–Kier alpha value is -2.18. The first-order valence-corrected chi connectivity index (χ1v) is 11.4. The van der Waals surface area contributed by atoms with Gasteiger partial charge in [0.05, 0.1) is 18.2 Å². The maximum absolute atomic E-state index is 13.2. The molecule has 6 nitrogen and oxygen atoms in total. The van der Waals surface area contributed by atoms with E-state index in [0.717, 1.165) is 31.0 Å². The van der Waals surface area contributed by atoms with Gasteiger partial charge in [-0.3, -0.25) is 9.88 Å². The van der Waals surface area contributed by atoms with Gasteiger partial charge in [0.25, 0.3) is 0 Å². The lowest BCUT2D eigenvalue weighted by molar-refractivity contribution is -0.137. The van der Waals surface area contributed by atoms with Crippen molar-refractivity contribution in [1.82, 2.24) is 25.4 Å². The van der Waals surface area contributed by atoms with Crippen molar-refractivity contribution < 1.29 is 13.2 Å². The highest BCUT2D eigenvalue weighted by molar-refractivity contribution is 14.1. The van der Waals surface area contributed by atoms with Gasteiger partial charge < -0.3 is 5.32 Å². The van der Waals surface area contributed by atoms with Crippen LogP contribution in [-0.4, -0.2) is 32.7 Å². The normalized spacial score (nSPS) is 19.9. The van der Waals surface area contributed by atoms with Crippen LogP contribution in [0, 0.1) is 3.57 Å². The number of halogens is 4. The molecule has 10 heteroatoms. The summed E-state index contributed by atoms with van der Waals surface area (Å²) in [6.45, 7) is 1.63. The van der Waals surface area contributed by atoms with Gasteiger partial charge in [-0.1, -0.05) is 30.3 Å². The fourth-order valence-electron chi connectivity index (χ4n) is 4.29. The minimum absolute atomic E-state index is 0.00461. The number of nitrogens with zero attached hydrogens (tertiary/aromatic N) is 2. The van der Waals surface area contributed by atoms with E-state index in [-0.39, 0.29) is 17.8 Å². The zero-order valence-electron chi connectivity index (χ0n) is 17.1. The van der Waals surface area contributed by atoms with Crippen LogP contribution in [-0.2, 0) is 19.3 Å². The molecule has 1 aliphatic rings. The number of piperidine rings is 1. The van der Waals surface area contributed by atoms with Crippen LogP contribution in [0.15, 0.2) is 53.3 Å². The molecule has 3 N–H and O–H groups in total. The molecular weight excluding hydrogens is 534 g/mol. The fraction of sp³-hybridized carbons (Fsp3) is 0.364. The molecule has 2 aromatic carbocycles. The number of hydrogen-bond acceptors (Lipinski definition) is 4. The average molecular weight is 557 g/mol. The summed E-state index contributed by atoms with van der Waals surface area (Å²) in [5.74, 6) is 0.559. The van der Waals surface area contributed by atoms with Gasteiger partial charge in [0.15, 0.2) is 0 Å². The Kier molecular flexibility index (Phi) is 7.01. The topological polar surface area (TPSA) is 76.8 Å². The van der Waals surface area contributed by atoms with Crippen LogP contribution < -0.4 is 11.0 Å². The molecule has 3 aromatic rings. The summed E-state index contributed by atoms with van der Waals surface area (Å²) in [5, 5.41) is 9.93. The monoisotopic (exact) mass is 557 g/mol. The number of benzene rings is 2. The van der Waals surface area contributed by atoms with Crippen molar-refractivity contribution in [3.8, 4) is 0 Å². The maximum atomic E-state index is 13.2. The minimum Gasteiger partial charge on any atom is -0.308 e. The summed E-state index contributed by atoms with van der Waals surface area (Å²) in [6.07, 6.45) is -2.55. The molecule has 1 aromatic heterocycles. The molecular formula is C22H23F3IN5O. The molecule has 0 bridgehead atoms. The predicted molar refractivity (Wildman–Crippen MR) is 123 cm³/mol. The molecule has 2 atom stereocenters. The summed E-state index contributed by atoms with van der Waals surface area (Å²) >= 11 is 1.92. The van der Waals surface area contributed by atoms with E-state index in [1.54, 1.807) is 6.07 Å². The van der Waals surface area contributed by atoms with Gasteiger partial charge in [-0.05, 0) is 71.3 Å². The van der Waals surface area contributed by atoms with Crippen molar-refractivity contribution in [2.75, 3.05) is 6.54 Å². The molecule has 0 saturated carbocycles. The first-order valence-electron chi connectivity index (χ1n) is 10.3. The Labute approximate surface area is 196 Å². The van der Waals surface area contributed by atoms with Crippen molar-refractivity contribution in [3.05, 3.63) is 85.1 Å². The molecule has 170 valence electrons. The van der Waals surface area contributed by atoms with Crippen LogP contribution in [0.5, 0.6) is 0 Å². The summed E-state index contributed by atoms with van der Waals surface area (Å²) in [6, 6.07) is 14.2. The van der Waals surface area contributed by atoms with Crippen LogP contribution in [0.2, 0.25) is 0 Å². The third kappa shape index (κ3) is 5.59. The van der Waals surface area contributed by atoms with Gasteiger partial charge in [0.1, 0.15) is 5.82 Å². The highest BCUT2D eigenvalue weighted by Crippen LogP contribution is 2.33. The maximum Gasteiger partial charge on any atom is 0.416 e. The van der Waals surface area contributed by atoms with Crippen molar-refractivity contribution in [3.63, 3.8) is 0 Å². The molecule has 0 aliphatic carbocycles. The van der Waals surface area contributed by atoms with Crippen LogP contribution in [0.1, 0.15) is 41.4 Å². The minimum atomic E-state index is -4.37. The average Bonchev–Trinajstić information content (AvgIpc) is 3.16. The van der Waals surface area contributed by atoms with Gasteiger partial charge in [0.2, 0.25) is 0 Å². The van der Waals surface area contributed by atoms with Gasteiger partial charge in [-0.15, -0.1) is 0 Å². The van der Waals surface area contributed by atoms with Gasteiger partial charge in [0, 0.05) is 16.2 Å². The van der Waals surface area contributed by atoms with E-state index in [1.807, 2.05) is 40.8 Å². The van der Waals surface area contributed by atoms with E-state index in [2.05, 4.69) is 37.5 Å². The van der Waals surface area contributed by atoms with Crippen LogP contribution in [0.3, 0.4) is 0 Å². The fourth-order valence-corrected chi connectivity index (χ4v) is 5.02. The van der Waals surface area contributed by atoms with Crippen LogP contribution in [0.25, 0.3) is 0 Å². The lowest BCUT2D eigenvalue weighted by Crippen LogP contribution is -2.47. The van der Waals surface area contributed by atoms with Crippen molar-refractivity contribution in [1.29, 1.82) is 0 Å². The van der Waals surface area contributed by atoms with Crippen molar-refractivity contribution in [2.45, 2.75) is 44.2 Å². The second-order valence-electron chi connectivity index (χ2n) is 7.93. The summed E-state index contributed by atoms with van der Waals surface area (Å²) in [5.41, 5.74) is 0.738. The second-order valence-corrected chi connectivity index (χ2v) is 9.17. The Morgan fingerprint density at radius 2 is 1.97 bits per heavy atom. The smallest absolute Gasteiger partial charge is 0.308 e. The molecule has 1 aliphatic heterocycles. The van der Waals surface area contributed by atoms with Gasteiger partial charge in [-0.25, -0.2) is 9.89 Å². The molecule has 1 saturated heterocycles. The first kappa shape index (κ1) is 23.0. The number of H-pyrrole nitrogens is 2. The highest BCUT2D eigenvalue weighted by atomic mass is 127. The zero-order chi connectivity index (χ0) is 22.7. The third-order valence-electron chi connectivity index (χ3n) is 5.63. The van der Waals surface area contributed by atoms with Crippen LogP contribution in [0.4, 0.5) is 13.2 Å². The van der Waals surface area contributed by atoms with E-state index in [4.69, 9.17) is 0 Å². The summed E-state index contributed by atoms with van der Waals surface area (Å²) < 4.78 is 40.2. The Bertz CT molecular complexity index is 1100. The second kappa shape index (κ2) is 9.75. The number of aromatic amines is 2. The summed E-state index contributed by atoms with van der Waals surface area (Å²) in [7, 11) is 0. The lowest BCUT2D eigenvalue weighted by Gasteiger charge is -2.42.